The predicted molar refractivity (Wildman–Crippen MR) is 61.0 cm³/mol. The first-order chi connectivity index (χ1) is 6.24. The first-order valence-electron chi connectivity index (χ1n) is 4.57. The van der Waals surface area contributed by atoms with Gasteiger partial charge in [-0.2, -0.15) is 0 Å². The van der Waals surface area contributed by atoms with Crippen LogP contribution in [0.2, 0.25) is 0 Å². The zero-order valence-electron chi connectivity index (χ0n) is 8.59. The van der Waals surface area contributed by atoms with Crippen molar-refractivity contribution in [3.8, 4) is 0 Å². The molecular formula is C11H17ClFN. The van der Waals surface area contributed by atoms with Crippen LogP contribution in [0.4, 0.5) is 4.39 Å². The van der Waals surface area contributed by atoms with E-state index in [9.17, 15) is 4.39 Å². The Kier molecular flexibility index (Phi) is 6.50. The van der Waals surface area contributed by atoms with E-state index >= 15 is 0 Å². The third-order valence-electron chi connectivity index (χ3n) is 2.13. The molecular weight excluding hydrogens is 201 g/mol. The van der Waals surface area contributed by atoms with Gasteiger partial charge in [0.2, 0.25) is 0 Å². The van der Waals surface area contributed by atoms with Gasteiger partial charge in [-0.15, -0.1) is 12.4 Å². The normalized spacial score (nSPS) is 11.9. The molecule has 0 spiro atoms. The molecule has 0 radical (unpaired) electrons. The molecule has 0 saturated heterocycles. The van der Waals surface area contributed by atoms with Crippen molar-refractivity contribution in [2.75, 3.05) is 13.6 Å². The van der Waals surface area contributed by atoms with E-state index in [-0.39, 0.29) is 12.4 Å². The van der Waals surface area contributed by atoms with Gasteiger partial charge in [0.1, 0.15) is 6.17 Å². The number of alkyl halides is 1. The van der Waals surface area contributed by atoms with Crippen molar-refractivity contribution in [1.29, 1.82) is 0 Å². The van der Waals surface area contributed by atoms with Crippen molar-refractivity contribution in [1.82, 2.24) is 5.32 Å². The Bertz CT molecular complexity index is 265. The van der Waals surface area contributed by atoms with Gasteiger partial charge in [-0.25, -0.2) is 4.39 Å². The van der Waals surface area contributed by atoms with Crippen LogP contribution in [0.25, 0.3) is 0 Å². The third-order valence-corrected chi connectivity index (χ3v) is 2.13. The Morgan fingerprint density at radius 2 is 2.00 bits per heavy atom. The Balaban J connectivity index is 0.00000169. The second kappa shape index (κ2) is 6.80. The predicted octanol–water partition coefficient (Wildman–Crippen LogP) is 2.52. The van der Waals surface area contributed by atoms with Gasteiger partial charge in [-0.05, 0) is 25.1 Å². The molecule has 1 nitrogen and oxygen atoms in total. The largest absolute Gasteiger partial charge is 0.317 e. The highest BCUT2D eigenvalue weighted by Gasteiger charge is 2.07. The summed E-state index contributed by atoms with van der Waals surface area (Å²) in [5.41, 5.74) is 2.27. The molecule has 0 bridgehead atoms. The van der Waals surface area contributed by atoms with Crippen LogP contribution in [0.15, 0.2) is 24.3 Å². The van der Waals surface area contributed by atoms with E-state index in [1.807, 2.05) is 31.2 Å². The molecule has 0 aliphatic heterocycles. The van der Waals surface area contributed by atoms with Gasteiger partial charge < -0.3 is 5.32 Å². The standard InChI is InChI=1S/C11H16FN.ClH/c1-9-5-3-4-6-10(9)7-11(12)8-13-2;/h3-6,11,13H,7-8H2,1-2H3;1H. The highest BCUT2D eigenvalue weighted by Crippen LogP contribution is 2.10. The number of hydrogen-bond donors (Lipinski definition) is 1. The van der Waals surface area contributed by atoms with E-state index in [1.54, 1.807) is 7.05 Å². The van der Waals surface area contributed by atoms with Gasteiger partial charge in [-0.1, -0.05) is 24.3 Å². The topological polar surface area (TPSA) is 12.0 Å². The number of rotatable bonds is 4. The van der Waals surface area contributed by atoms with E-state index in [4.69, 9.17) is 0 Å². The van der Waals surface area contributed by atoms with E-state index in [0.29, 0.717) is 13.0 Å². The maximum absolute atomic E-state index is 13.2. The van der Waals surface area contributed by atoms with Crippen LogP contribution in [0.5, 0.6) is 0 Å². The summed E-state index contributed by atoms with van der Waals surface area (Å²) in [5.74, 6) is 0. The smallest absolute Gasteiger partial charge is 0.116 e. The Morgan fingerprint density at radius 1 is 1.36 bits per heavy atom. The Morgan fingerprint density at radius 3 is 2.57 bits per heavy atom. The van der Waals surface area contributed by atoms with Crippen LogP contribution in [-0.4, -0.2) is 19.8 Å². The molecule has 0 aromatic heterocycles. The fourth-order valence-corrected chi connectivity index (χ4v) is 1.37. The highest BCUT2D eigenvalue weighted by atomic mass is 35.5. The third kappa shape index (κ3) is 4.07. The number of hydrogen-bond acceptors (Lipinski definition) is 1. The Labute approximate surface area is 91.1 Å². The monoisotopic (exact) mass is 217 g/mol. The second-order valence-electron chi connectivity index (χ2n) is 3.29. The number of aryl methyl sites for hydroxylation is 1. The summed E-state index contributed by atoms with van der Waals surface area (Å²) < 4.78 is 13.2. The Hall–Kier alpha value is -0.600. The summed E-state index contributed by atoms with van der Waals surface area (Å²) in [5, 5.41) is 2.83. The zero-order chi connectivity index (χ0) is 9.68. The number of benzene rings is 1. The summed E-state index contributed by atoms with van der Waals surface area (Å²) in [6, 6.07) is 7.93. The molecule has 14 heavy (non-hydrogen) atoms. The van der Waals surface area contributed by atoms with Crippen LogP contribution >= 0.6 is 12.4 Å². The molecule has 0 aliphatic carbocycles. The number of nitrogens with one attached hydrogen (secondary N) is 1. The molecule has 1 unspecified atom stereocenters. The number of halogens is 2. The van der Waals surface area contributed by atoms with Crippen molar-refractivity contribution < 1.29 is 4.39 Å². The van der Waals surface area contributed by atoms with Crippen LogP contribution < -0.4 is 5.32 Å². The lowest BCUT2D eigenvalue weighted by Crippen LogP contribution is -2.21. The van der Waals surface area contributed by atoms with Crippen molar-refractivity contribution in [2.24, 2.45) is 0 Å². The van der Waals surface area contributed by atoms with Gasteiger partial charge in [0.05, 0.1) is 0 Å². The van der Waals surface area contributed by atoms with E-state index < -0.39 is 6.17 Å². The van der Waals surface area contributed by atoms with Crippen LogP contribution in [-0.2, 0) is 6.42 Å². The first kappa shape index (κ1) is 13.4. The SMILES string of the molecule is CNCC(F)Cc1ccccc1C.Cl. The summed E-state index contributed by atoms with van der Waals surface area (Å²) in [7, 11) is 1.77. The average molecular weight is 218 g/mol. The van der Waals surface area contributed by atoms with Crippen molar-refractivity contribution >= 4 is 12.4 Å². The maximum atomic E-state index is 13.2. The molecule has 0 amide bonds. The van der Waals surface area contributed by atoms with Gasteiger partial charge in [-0.3, -0.25) is 0 Å². The minimum atomic E-state index is -0.786. The van der Waals surface area contributed by atoms with Crippen LogP contribution in [0, 0.1) is 6.92 Å². The van der Waals surface area contributed by atoms with E-state index in [2.05, 4.69) is 5.32 Å². The van der Waals surface area contributed by atoms with Gasteiger partial charge in [0.15, 0.2) is 0 Å². The minimum Gasteiger partial charge on any atom is -0.317 e. The van der Waals surface area contributed by atoms with Crippen molar-refractivity contribution in [3.05, 3.63) is 35.4 Å². The van der Waals surface area contributed by atoms with Crippen LogP contribution in [0.1, 0.15) is 11.1 Å². The molecule has 0 heterocycles. The van der Waals surface area contributed by atoms with E-state index in [0.717, 1.165) is 5.56 Å². The average Bonchev–Trinajstić information content (AvgIpc) is 2.09. The molecule has 80 valence electrons. The molecule has 0 aliphatic rings. The quantitative estimate of drug-likeness (QED) is 0.818. The molecule has 1 rings (SSSR count). The molecule has 1 aromatic carbocycles. The second-order valence-corrected chi connectivity index (χ2v) is 3.29. The summed E-state index contributed by atoms with van der Waals surface area (Å²) in [6.07, 6.45) is -0.279. The first-order valence-corrected chi connectivity index (χ1v) is 4.57. The van der Waals surface area contributed by atoms with Crippen molar-refractivity contribution in [3.63, 3.8) is 0 Å². The van der Waals surface area contributed by atoms with Crippen LogP contribution in [0.3, 0.4) is 0 Å². The summed E-state index contributed by atoms with van der Waals surface area (Å²) >= 11 is 0. The molecule has 1 N–H and O–H groups in total. The summed E-state index contributed by atoms with van der Waals surface area (Å²) in [4.78, 5) is 0. The lowest BCUT2D eigenvalue weighted by molar-refractivity contribution is 0.324. The molecule has 0 fully saturated rings. The van der Waals surface area contributed by atoms with Gasteiger partial charge >= 0.3 is 0 Å². The lowest BCUT2D eigenvalue weighted by Gasteiger charge is -2.09. The van der Waals surface area contributed by atoms with Crippen molar-refractivity contribution in [2.45, 2.75) is 19.5 Å². The molecule has 1 aromatic rings. The fourth-order valence-electron chi connectivity index (χ4n) is 1.37. The summed E-state index contributed by atoms with van der Waals surface area (Å²) in [6.45, 7) is 2.44. The van der Waals surface area contributed by atoms with Gasteiger partial charge in [0, 0.05) is 13.0 Å². The molecule has 1 atom stereocenters. The van der Waals surface area contributed by atoms with E-state index in [1.165, 1.54) is 5.56 Å². The van der Waals surface area contributed by atoms with Gasteiger partial charge in [0.25, 0.3) is 0 Å². The highest BCUT2D eigenvalue weighted by molar-refractivity contribution is 5.85. The molecule has 3 heteroatoms. The zero-order valence-corrected chi connectivity index (χ0v) is 9.40. The lowest BCUT2D eigenvalue weighted by atomic mass is 10.0. The minimum absolute atomic E-state index is 0. The fraction of sp³-hybridized carbons (Fsp3) is 0.455. The maximum Gasteiger partial charge on any atom is 0.116 e. The molecule has 0 saturated carbocycles.